The SMILES string of the molecule is CCCC/C=C\C/C=C\CCCCCCCC(=O)OCCCCCCCCCCC/C=C\CCCCCCCC(=O)NC(CO)C(O)/C=C/CCCCCCCCCCCCCCCCCC. The van der Waals surface area contributed by atoms with Crippen LogP contribution in [0.15, 0.2) is 48.6 Å². The standard InChI is InChI=1S/C61H113NO5/c1-3-5-7-9-11-13-15-17-19-20-23-26-29-33-37-41-45-49-53-59(64)58(57-63)62-60(65)54-50-46-42-38-34-30-27-24-21-22-25-28-32-36-40-44-48-52-56-67-61(66)55-51-47-43-39-35-31-18-16-14-12-10-8-6-4-2/h10,12,16,18,24,27,49,53,58-59,63-64H,3-9,11,13-15,17,19-23,25-26,28-48,50-52,54-57H2,1-2H3,(H,62,65)/b12-10-,18-16-,27-24-,53-49+. The van der Waals surface area contributed by atoms with Crippen LogP contribution in [-0.2, 0) is 14.3 Å². The molecular formula is C61H113NO5. The third-order valence-electron chi connectivity index (χ3n) is 13.3. The molecule has 0 saturated carbocycles. The van der Waals surface area contributed by atoms with E-state index in [1.165, 1.54) is 205 Å². The van der Waals surface area contributed by atoms with Crippen molar-refractivity contribution in [1.29, 1.82) is 0 Å². The van der Waals surface area contributed by atoms with Gasteiger partial charge in [-0.25, -0.2) is 0 Å². The number of carbonyl (C=O) groups excluding carboxylic acids is 2. The number of esters is 1. The zero-order valence-corrected chi connectivity index (χ0v) is 44.6. The summed E-state index contributed by atoms with van der Waals surface area (Å²) in [5.74, 6) is -0.0947. The Bertz CT molecular complexity index is 1130. The fourth-order valence-corrected chi connectivity index (χ4v) is 8.76. The molecule has 6 nitrogen and oxygen atoms in total. The summed E-state index contributed by atoms with van der Waals surface area (Å²) in [5, 5.41) is 23.1. The molecule has 67 heavy (non-hydrogen) atoms. The van der Waals surface area contributed by atoms with Gasteiger partial charge in [-0.05, 0) is 83.5 Å². The van der Waals surface area contributed by atoms with Crippen molar-refractivity contribution in [2.45, 2.75) is 315 Å². The van der Waals surface area contributed by atoms with Gasteiger partial charge in [-0.3, -0.25) is 9.59 Å². The molecule has 0 heterocycles. The minimum absolute atomic E-state index is 0.0129. The van der Waals surface area contributed by atoms with Crippen molar-refractivity contribution in [3.8, 4) is 0 Å². The van der Waals surface area contributed by atoms with E-state index in [4.69, 9.17) is 4.74 Å². The van der Waals surface area contributed by atoms with Gasteiger partial charge in [0.1, 0.15) is 0 Å². The van der Waals surface area contributed by atoms with Gasteiger partial charge in [-0.2, -0.15) is 0 Å². The van der Waals surface area contributed by atoms with E-state index in [2.05, 4.69) is 55.6 Å². The number of hydrogen-bond acceptors (Lipinski definition) is 5. The van der Waals surface area contributed by atoms with Crippen molar-refractivity contribution in [3.05, 3.63) is 48.6 Å². The van der Waals surface area contributed by atoms with E-state index in [9.17, 15) is 19.8 Å². The number of aliphatic hydroxyl groups is 2. The first-order valence-corrected chi connectivity index (χ1v) is 29.4. The van der Waals surface area contributed by atoms with Gasteiger partial charge in [0.05, 0.1) is 25.4 Å². The molecule has 3 N–H and O–H groups in total. The number of ether oxygens (including phenoxy) is 1. The first-order valence-electron chi connectivity index (χ1n) is 29.4. The van der Waals surface area contributed by atoms with Crippen molar-refractivity contribution >= 4 is 11.9 Å². The summed E-state index contributed by atoms with van der Waals surface area (Å²) in [5.41, 5.74) is 0. The van der Waals surface area contributed by atoms with Gasteiger partial charge in [0.15, 0.2) is 0 Å². The van der Waals surface area contributed by atoms with Crippen molar-refractivity contribution in [1.82, 2.24) is 5.32 Å². The Labute approximate surface area is 416 Å². The molecule has 0 bridgehead atoms. The normalized spacial score (nSPS) is 13.0. The molecule has 1 amide bonds. The predicted molar refractivity (Wildman–Crippen MR) is 292 cm³/mol. The average molecular weight is 941 g/mol. The van der Waals surface area contributed by atoms with Crippen LogP contribution in [-0.4, -0.2) is 47.4 Å². The molecule has 0 aromatic heterocycles. The van der Waals surface area contributed by atoms with Crippen molar-refractivity contribution in [2.75, 3.05) is 13.2 Å². The minimum Gasteiger partial charge on any atom is -0.466 e. The van der Waals surface area contributed by atoms with Gasteiger partial charge in [-0.15, -0.1) is 0 Å². The summed E-state index contributed by atoms with van der Waals surface area (Å²) in [7, 11) is 0. The molecule has 0 aliphatic heterocycles. The number of allylic oxidation sites excluding steroid dienone is 7. The molecule has 0 aromatic carbocycles. The van der Waals surface area contributed by atoms with Crippen LogP contribution in [0.3, 0.4) is 0 Å². The molecule has 2 atom stereocenters. The number of hydrogen-bond donors (Lipinski definition) is 3. The topological polar surface area (TPSA) is 95.9 Å². The monoisotopic (exact) mass is 940 g/mol. The lowest BCUT2D eigenvalue weighted by Gasteiger charge is -2.20. The van der Waals surface area contributed by atoms with Crippen molar-refractivity contribution in [3.63, 3.8) is 0 Å². The molecule has 0 spiro atoms. The molecule has 0 aliphatic carbocycles. The summed E-state index contributed by atoms with van der Waals surface area (Å²) >= 11 is 0. The zero-order valence-electron chi connectivity index (χ0n) is 44.6. The number of rotatable bonds is 54. The second-order valence-corrected chi connectivity index (χ2v) is 20.0. The summed E-state index contributed by atoms with van der Waals surface area (Å²) in [6, 6.07) is -0.639. The smallest absolute Gasteiger partial charge is 0.305 e. The largest absolute Gasteiger partial charge is 0.466 e. The van der Waals surface area contributed by atoms with Crippen LogP contribution in [0.5, 0.6) is 0 Å². The molecule has 0 fully saturated rings. The van der Waals surface area contributed by atoms with Crippen molar-refractivity contribution < 1.29 is 24.5 Å². The number of nitrogens with one attached hydrogen (secondary N) is 1. The summed E-state index contributed by atoms with van der Waals surface area (Å²) < 4.78 is 5.46. The summed E-state index contributed by atoms with van der Waals surface area (Å²) in [4.78, 5) is 24.5. The van der Waals surface area contributed by atoms with E-state index in [0.29, 0.717) is 19.4 Å². The number of carbonyl (C=O) groups is 2. The number of amides is 1. The first kappa shape index (κ1) is 64.8. The molecule has 0 aliphatic rings. The number of aliphatic hydroxyl groups excluding tert-OH is 2. The predicted octanol–water partition coefficient (Wildman–Crippen LogP) is 18.2. The van der Waals surface area contributed by atoms with E-state index < -0.39 is 12.1 Å². The fourth-order valence-electron chi connectivity index (χ4n) is 8.76. The van der Waals surface area contributed by atoms with Crippen LogP contribution in [0.25, 0.3) is 0 Å². The van der Waals surface area contributed by atoms with Gasteiger partial charge in [0, 0.05) is 12.8 Å². The Morgan fingerprint density at radius 2 is 0.761 bits per heavy atom. The van der Waals surface area contributed by atoms with E-state index in [0.717, 1.165) is 70.6 Å². The van der Waals surface area contributed by atoms with Crippen LogP contribution in [0, 0.1) is 0 Å². The van der Waals surface area contributed by atoms with Crippen LogP contribution in [0.1, 0.15) is 303 Å². The first-order chi connectivity index (χ1) is 33.0. The summed E-state index contributed by atoms with van der Waals surface area (Å²) in [6.45, 7) is 4.85. The second-order valence-electron chi connectivity index (χ2n) is 20.0. The minimum atomic E-state index is -0.855. The van der Waals surface area contributed by atoms with Crippen LogP contribution >= 0.6 is 0 Å². The van der Waals surface area contributed by atoms with E-state index in [1.807, 2.05) is 6.08 Å². The van der Waals surface area contributed by atoms with Gasteiger partial charge >= 0.3 is 5.97 Å². The van der Waals surface area contributed by atoms with Crippen LogP contribution in [0.4, 0.5) is 0 Å². The van der Waals surface area contributed by atoms with Crippen LogP contribution in [0.2, 0.25) is 0 Å². The third kappa shape index (κ3) is 53.0. The van der Waals surface area contributed by atoms with E-state index in [1.54, 1.807) is 6.08 Å². The molecule has 0 saturated heterocycles. The Balaban J connectivity index is 3.50. The Hall–Kier alpha value is -2.18. The molecule has 392 valence electrons. The maximum Gasteiger partial charge on any atom is 0.305 e. The Kier molecular flexibility index (Phi) is 54.6. The van der Waals surface area contributed by atoms with Crippen LogP contribution < -0.4 is 5.32 Å². The summed E-state index contributed by atoms with van der Waals surface area (Å²) in [6.07, 6.45) is 71.3. The van der Waals surface area contributed by atoms with E-state index in [-0.39, 0.29) is 18.5 Å². The molecule has 0 radical (unpaired) electrons. The average Bonchev–Trinajstić information content (AvgIpc) is 3.33. The molecule has 0 rings (SSSR count). The highest BCUT2D eigenvalue weighted by Crippen LogP contribution is 2.16. The van der Waals surface area contributed by atoms with Crippen molar-refractivity contribution in [2.24, 2.45) is 0 Å². The van der Waals surface area contributed by atoms with Gasteiger partial charge in [0.25, 0.3) is 0 Å². The maximum absolute atomic E-state index is 12.5. The lowest BCUT2D eigenvalue weighted by Crippen LogP contribution is -2.45. The Morgan fingerprint density at radius 1 is 0.418 bits per heavy atom. The third-order valence-corrected chi connectivity index (χ3v) is 13.3. The fraction of sp³-hybridized carbons (Fsp3) is 0.836. The second kappa shape index (κ2) is 56.4. The maximum atomic E-state index is 12.5. The highest BCUT2D eigenvalue weighted by molar-refractivity contribution is 5.76. The lowest BCUT2D eigenvalue weighted by atomic mass is 10.0. The van der Waals surface area contributed by atoms with E-state index >= 15 is 0 Å². The Morgan fingerprint density at radius 3 is 1.19 bits per heavy atom. The van der Waals surface area contributed by atoms with Gasteiger partial charge in [0.2, 0.25) is 5.91 Å². The zero-order chi connectivity index (χ0) is 48.6. The highest BCUT2D eigenvalue weighted by Gasteiger charge is 2.18. The molecule has 6 heteroatoms. The van der Waals surface area contributed by atoms with Gasteiger partial charge in [-0.1, -0.05) is 255 Å². The lowest BCUT2D eigenvalue weighted by molar-refractivity contribution is -0.143. The van der Waals surface area contributed by atoms with Gasteiger partial charge < -0.3 is 20.3 Å². The highest BCUT2D eigenvalue weighted by atomic mass is 16.5. The molecule has 2 unspecified atom stereocenters. The molecule has 0 aromatic rings. The number of unbranched alkanes of at least 4 members (excludes halogenated alkanes) is 37. The molecular weight excluding hydrogens is 827 g/mol. The quantitative estimate of drug-likeness (QED) is 0.0321.